The topological polar surface area (TPSA) is 75.6 Å². The van der Waals surface area contributed by atoms with Gasteiger partial charge < -0.3 is 10.6 Å². The van der Waals surface area contributed by atoms with Crippen LogP contribution < -0.4 is 10.6 Å². The Hall–Kier alpha value is -3.54. The Morgan fingerprint density at radius 3 is 2.70 bits per heavy atom. The molecule has 4 aromatic rings. The number of hydrogen-bond acceptors (Lipinski definition) is 6. The standard InChI is InChI=1S/C21H20N6/c1-3-15-8-4-7-14(2)19(15)25-18-13-23-27-21(26-18)24-17-11-5-9-16-10-6-12-22-20(16)17/h4-13H,3H2,1-2H3,(H2,24,25,26,27). The van der Waals surface area contributed by atoms with Gasteiger partial charge in [-0.3, -0.25) is 4.98 Å². The van der Waals surface area contributed by atoms with E-state index in [1.54, 1.807) is 12.4 Å². The molecular formula is C21H20N6. The van der Waals surface area contributed by atoms with Gasteiger partial charge in [0.15, 0.2) is 5.82 Å². The predicted octanol–water partition coefficient (Wildman–Crippen LogP) is 4.78. The largest absolute Gasteiger partial charge is 0.338 e. The molecule has 6 nitrogen and oxygen atoms in total. The lowest BCUT2D eigenvalue weighted by atomic mass is 10.1. The summed E-state index contributed by atoms with van der Waals surface area (Å²) in [5.74, 6) is 1.06. The van der Waals surface area contributed by atoms with Crippen LogP contribution in [-0.4, -0.2) is 20.2 Å². The van der Waals surface area contributed by atoms with Crippen LogP contribution in [0.3, 0.4) is 0 Å². The number of rotatable bonds is 5. The van der Waals surface area contributed by atoms with E-state index in [2.05, 4.69) is 62.8 Å². The summed E-state index contributed by atoms with van der Waals surface area (Å²) in [6, 6.07) is 16.2. The Morgan fingerprint density at radius 2 is 1.81 bits per heavy atom. The highest BCUT2D eigenvalue weighted by Crippen LogP contribution is 2.26. The fourth-order valence-electron chi connectivity index (χ4n) is 3.07. The molecule has 27 heavy (non-hydrogen) atoms. The monoisotopic (exact) mass is 356 g/mol. The summed E-state index contributed by atoms with van der Waals surface area (Å²) in [6.45, 7) is 4.22. The molecule has 0 atom stereocenters. The molecule has 0 saturated carbocycles. The Bertz CT molecular complexity index is 1090. The van der Waals surface area contributed by atoms with Gasteiger partial charge in [-0.15, -0.1) is 5.10 Å². The summed E-state index contributed by atoms with van der Waals surface area (Å²) in [4.78, 5) is 9.01. The van der Waals surface area contributed by atoms with Crippen molar-refractivity contribution in [2.45, 2.75) is 20.3 Å². The van der Waals surface area contributed by atoms with E-state index in [0.717, 1.165) is 28.7 Å². The second-order valence-electron chi connectivity index (χ2n) is 6.26. The van der Waals surface area contributed by atoms with Crippen molar-refractivity contribution in [2.24, 2.45) is 0 Å². The van der Waals surface area contributed by atoms with E-state index >= 15 is 0 Å². The summed E-state index contributed by atoms with van der Waals surface area (Å²) in [5.41, 5.74) is 5.19. The first-order chi connectivity index (χ1) is 13.2. The number of benzene rings is 2. The fourth-order valence-corrected chi connectivity index (χ4v) is 3.07. The maximum atomic E-state index is 4.56. The zero-order valence-corrected chi connectivity index (χ0v) is 15.3. The van der Waals surface area contributed by atoms with Gasteiger partial charge in [-0.05, 0) is 36.6 Å². The maximum Gasteiger partial charge on any atom is 0.249 e. The molecule has 134 valence electrons. The lowest BCUT2D eigenvalue weighted by Gasteiger charge is -2.14. The quantitative estimate of drug-likeness (QED) is 0.536. The van der Waals surface area contributed by atoms with Crippen LogP contribution in [0.25, 0.3) is 10.9 Å². The first-order valence-corrected chi connectivity index (χ1v) is 8.90. The molecule has 2 aromatic carbocycles. The third-order valence-corrected chi connectivity index (χ3v) is 4.43. The normalized spacial score (nSPS) is 10.7. The number of aromatic nitrogens is 4. The van der Waals surface area contributed by atoms with Crippen molar-refractivity contribution in [1.82, 2.24) is 20.2 Å². The number of nitrogens with zero attached hydrogens (tertiary/aromatic N) is 4. The lowest BCUT2D eigenvalue weighted by Crippen LogP contribution is -2.05. The molecule has 6 heteroatoms. The van der Waals surface area contributed by atoms with Crippen LogP contribution in [0.1, 0.15) is 18.1 Å². The van der Waals surface area contributed by atoms with E-state index in [0.29, 0.717) is 11.8 Å². The fraction of sp³-hybridized carbons (Fsp3) is 0.143. The van der Waals surface area contributed by atoms with Gasteiger partial charge in [0.2, 0.25) is 5.95 Å². The molecule has 2 N–H and O–H groups in total. The van der Waals surface area contributed by atoms with Gasteiger partial charge in [0.1, 0.15) is 0 Å². The number of aryl methyl sites for hydroxylation is 2. The third kappa shape index (κ3) is 3.55. The first kappa shape index (κ1) is 16.9. The molecule has 0 unspecified atom stereocenters. The van der Waals surface area contributed by atoms with Crippen molar-refractivity contribution in [3.8, 4) is 0 Å². The minimum absolute atomic E-state index is 0.421. The first-order valence-electron chi connectivity index (χ1n) is 8.90. The van der Waals surface area contributed by atoms with Gasteiger partial charge >= 0.3 is 0 Å². The summed E-state index contributed by atoms with van der Waals surface area (Å²) >= 11 is 0. The Kier molecular flexibility index (Phi) is 4.61. The molecule has 2 heterocycles. The van der Waals surface area contributed by atoms with Gasteiger partial charge in [-0.2, -0.15) is 10.1 Å². The lowest BCUT2D eigenvalue weighted by molar-refractivity contribution is 0.981. The molecule has 0 aliphatic rings. The van der Waals surface area contributed by atoms with E-state index in [1.807, 2.05) is 30.3 Å². The van der Waals surface area contributed by atoms with Crippen molar-refractivity contribution in [1.29, 1.82) is 0 Å². The molecule has 0 amide bonds. The molecule has 0 fully saturated rings. The van der Waals surface area contributed by atoms with Crippen molar-refractivity contribution in [2.75, 3.05) is 10.6 Å². The summed E-state index contributed by atoms with van der Waals surface area (Å²) in [5, 5.41) is 15.9. The van der Waals surface area contributed by atoms with Crippen LogP contribution >= 0.6 is 0 Å². The minimum atomic E-state index is 0.421. The van der Waals surface area contributed by atoms with Crippen LogP contribution in [0.5, 0.6) is 0 Å². The van der Waals surface area contributed by atoms with E-state index in [9.17, 15) is 0 Å². The van der Waals surface area contributed by atoms with E-state index in [1.165, 1.54) is 11.1 Å². The van der Waals surface area contributed by atoms with Crippen molar-refractivity contribution in [3.05, 3.63) is 72.1 Å². The highest BCUT2D eigenvalue weighted by molar-refractivity contribution is 5.91. The van der Waals surface area contributed by atoms with E-state index < -0.39 is 0 Å². The van der Waals surface area contributed by atoms with Crippen LogP contribution in [0.2, 0.25) is 0 Å². The molecule has 0 spiro atoms. The maximum absolute atomic E-state index is 4.56. The number of para-hydroxylation sites is 2. The van der Waals surface area contributed by atoms with E-state index in [4.69, 9.17) is 0 Å². The Balaban J connectivity index is 1.64. The van der Waals surface area contributed by atoms with Gasteiger partial charge in [-0.25, -0.2) is 0 Å². The smallest absolute Gasteiger partial charge is 0.249 e. The second-order valence-corrected chi connectivity index (χ2v) is 6.26. The van der Waals surface area contributed by atoms with E-state index in [-0.39, 0.29) is 0 Å². The molecular weight excluding hydrogens is 336 g/mol. The summed E-state index contributed by atoms with van der Waals surface area (Å²) in [7, 11) is 0. The van der Waals surface area contributed by atoms with Crippen LogP contribution in [-0.2, 0) is 6.42 Å². The van der Waals surface area contributed by atoms with Gasteiger partial charge in [0, 0.05) is 17.3 Å². The molecule has 0 aliphatic carbocycles. The Labute approximate surface area is 157 Å². The van der Waals surface area contributed by atoms with Gasteiger partial charge in [0.25, 0.3) is 0 Å². The minimum Gasteiger partial charge on any atom is -0.338 e. The third-order valence-electron chi connectivity index (χ3n) is 4.43. The number of hydrogen-bond donors (Lipinski definition) is 2. The summed E-state index contributed by atoms with van der Waals surface area (Å²) < 4.78 is 0. The van der Waals surface area contributed by atoms with Crippen molar-refractivity contribution in [3.63, 3.8) is 0 Å². The predicted molar refractivity (Wildman–Crippen MR) is 109 cm³/mol. The van der Waals surface area contributed by atoms with Crippen LogP contribution in [0.4, 0.5) is 23.1 Å². The molecule has 4 rings (SSSR count). The number of anilines is 4. The van der Waals surface area contributed by atoms with Crippen LogP contribution in [0.15, 0.2) is 60.9 Å². The summed E-state index contributed by atoms with van der Waals surface area (Å²) in [6.07, 6.45) is 4.34. The highest BCUT2D eigenvalue weighted by atomic mass is 15.3. The zero-order valence-electron chi connectivity index (χ0n) is 15.3. The van der Waals surface area contributed by atoms with Crippen molar-refractivity contribution < 1.29 is 0 Å². The highest BCUT2D eigenvalue weighted by Gasteiger charge is 2.08. The van der Waals surface area contributed by atoms with Gasteiger partial charge in [-0.1, -0.05) is 43.3 Å². The second kappa shape index (κ2) is 7.37. The van der Waals surface area contributed by atoms with Crippen molar-refractivity contribution >= 4 is 34.0 Å². The molecule has 0 saturated heterocycles. The molecule has 0 aliphatic heterocycles. The number of nitrogens with one attached hydrogen (secondary N) is 2. The van der Waals surface area contributed by atoms with Gasteiger partial charge in [0.05, 0.1) is 17.4 Å². The zero-order chi connectivity index (χ0) is 18.6. The average Bonchev–Trinajstić information content (AvgIpc) is 2.70. The Morgan fingerprint density at radius 1 is 0.963 bits per heavy atom. The SMILES string of the molecule is CCc1cccc(C)c1Nc1cnnc(Nc2cccc3cccnc23)n1. The average molecular weight is 356 g/mol. The number of pyridine rings is 1. The van der Waals surface area contributed by atoms with Crippen LogP contribution in [0, 0.1) is 6.92 Å². The molecule has 0 bridgehead atoms. The molecule has 2 aromatic heterocycles. The molecule has 0 radical (unpaired) electrons. The number of fused-ring (bicyclic) bond motifs is 1.